The maximum atomic E-state index is 12.5. The molecular weight excluding hydrogens is 315 g/mol. The number of hydrogen-bond donors (Lipinski definition) is 3. The largest absolute Gasteiger partial charge is 0.444 e. The van der Waals surface area contributed by atoms with Crippen molar-refractivity contribution in [2.24, 2.45) is 0 Å². The van der Waals surface area contributed by atoms with Crippen molar-refractivity contribution >= 4 is 6.09 Å². The molecule has 0 aromatic heterocycles. The van der Waals surface area contributed by atoms with Gasteiger partial charge < -0.3 is 20.3 Å². The first kappa shape index (κ1) is 19.2. The van der Waals surface area contributed by atoms with Gasteiger partial charge in [0.1, 0.15) is 17.8 Å². The molecule has 0 aliphatic heterocycles. The number of aliphatic hydroxyl groups is 2. The van der Waals surface area contributed by atoms with Crippen molar-refractivity contribution in [2.75, 3.05) is 6.54 Å². The number of amides is 1. The molecule has 8 heteroatoms. The number of nitrogens with one attached hydrogen (secondary N) is 1. The van der Waals surface area contributed by atoms with Crippen LogP contribution in [0.3, 0.4) is 0 Å². The normalized spacial score (nSPS) is 15.0. The van der Waals surface area contributed by atoms with Crippen LogP contribution in [0.1, 0.15) is 38.0 Å². The van der Waals surface area contributed by atoms with Gasteiger partial charge in [0.15, 0.2) is 0 Å². The molecular formula is C15H20F3NO4. The Morgan fingerprint density at radius 1 is 1.17 bits per heavy atom. The van der Waals surface area contributed by atoms with E-state index in [1.54, 1.807) is 20.8 Å². The van der Waals surface area contributed by atoms with Crippen molar-refractivity contribution in [3.63, 3.8) is 0 Å². The van der Waals surface area contributed by atoms with Crippen LogP contribution in [0.2, 0.25) is 0 Å². The summed E-state index contributed by atoms with van der Waals surface area (Å²) in [5.74, 6) is 0. The van der Waals surface area contributed by atoms with Gasteiger partial charge in [0.25, 0.3) is 0 Å². The Morgan fingerprint density at radius 3 is 2.13 bits per heavy atom. The van der Waals surface area contributed by atoms with Crippen molar-refractivity contribution in [3.05, 3.63) is 35.4 Å². The first-order chi connectivity index (χ1) is 10.4. The Labute approximate surface area is 132 Å². The molecule has 0 saturated heterocycles. The Bertz CT molecular complexity index is 523. The van der Waals surface area contributed by atoms with Crippen LogP contribution in [0.4, 0.5) is 18.0 Å². The van der Waals surface area contributed by atoms with Gasteiger partial charge in [0.05, 0.1) is 5.56 Å². The zero-order chi connectivity index (χ0) is 17.8. The third-order valence-corrected chi connectivity index (χ3v) is 2.80. The van der Waals surface area contributed by atoms with E-state index in [1.165, 1.54) is 0 Å². The van der Waals surface area contributed by atoms with Gasteiger partial charge >= 0.3 is 12.3 Å². The Balaban J connectivity index is 2.60. The zero-order valence-electron chi connectivity index (χ0n) is 13.0. The number of hydrogen-bond acceptors (Lipinski definition) is 4. The molecule has 0 aliphatic carbocycles. The number of rotatable bonds is 4. The Kier molecular flexibility index (Phi) is 6.01. The van der Waals surface area contributed by atoms with E-state index in [1.807, 2.05) is 0 Å². The van der Waals surface area contributed by atoms with E-state index in [2.05, 4.69) is 5.32 Å². The monoisotopic (exact) mass is 335 g/mol. The lowest BCUT2D eigenvalue weighted by molar-refractivity contribution is -0.137. The standard InChI is InChI=1S/C15H20F3NO4/c1-14(2,3)23-13(22)19-8-11(20)12(21)9-4-6-10(7-5-9)15(16,17)18/h4-7,11-12,20-21H,8H2,1-3H3,(H,19,22). The van der Waals surface area contributed by atoms with E-state index in [-0.39, 0.29) is 12.1 Å². The molecule has 130 valence electrons. The lowest BCUT2D eigenvalue weighted by Gasteiger charge is -2.22. The molecule has 1 aromatic rings. The molecule has 0 fully saturated rings. The molecule has 2 unspecified atom stereocenters. The van der Waals surface area contributed by atoms with Crippen LogP contribution in [0.15, 0.2) is 24.3 Å². The highest BCUT2D eigenvalue weighted by atomic mass is 19.4. The topological polar surface area (TPSA) is 78.8 Å². The number of aliphatic hydroxyl groups excluding tert-OH is 2. The minimum Gasteiger partial charge on any atom is -0.444 e. The van der Waals surface area contributed by atoms with Gasteiger partial charge in [-0.3, -0.25) is 0 Å². The van der Waals surface area contributed by atoms with Gasteiger partial charge in [-0.05, 0) is 38.5 Å². The van der Waals surface area contributed by atoms with Crippen molar-refractivity contribution in [2.45, 2.75) is 44.8 Å². The van der Waals surface area contributed by atoms with Gasteiger partial charge in [0, 0.05) is 6.54 Å². The summed E-state index contributed by atoms with van der Waals surface area (Å²) in [5, 5.41) is 22.0. The molecule has 3 N–H and O–H groups in total. The number of alkyl halides is 3. The van der Waals surface area contributed by atoms with Gasteiger partial charge in [-0.15, -0.1) is 0 Å². The molecule has 1 rings (SSSR count). The molecule has 0 bridgehead atoms. The highest BCUT2D eigenvalue weighted by Crippen LogP contribution is 2.30. The molecule has 2 atom stereocenters. The fraction of sp³-hybridized carbons (Fsp3) is 0.533. The van der Waals surface area contributed by atoms with Crippen LogP contribution < -0.4 is 5.32 Å². The van der Waals surface area contributed by atoms with E-state index in [9.17, 15) is 28.2 Å². The van der Waals surface area contributed by atoms with E-state index >= 15 is 0 Å². The minimum absolute atomic E-state index is 0.108. The summed E-state index contributed by atoms with van der Waals surface area (Å²) in [5.41, 5.74) is -1.45. The average molecular weight is 335 g/mol. The van der Waals surface area contributed by atoms with Crippen LogP contribution >= 0.6 is 0 Å². The average Bonchev–Trinajstić information content (AvgIpc) is 2.41. The quantitative estimate of drug-likeness (QED) is 0.790. The predicted octanol–water partition coefficient (Wildman–Crippen LogP) is 2.62. The molecule has 5 nitrogen and oxygen atoms in total. The smallest absolute Gasteiger partial charge is 0.416 e. The second-order valence-corrected chi connectivity index (χ2v) is 6.01. The van der Waals surface area contributed by atoms with E-state index in [0.29, 0.717) is 0 Å². The predicted molar refractivity (Wildman–Crippen MR) is 76.6 cm³/mol. The third kappa shape index (κ3) is 6.45. The maximum Gasteiger partial charge on any atom is 0.416 e. The zero-order valence-corrected chi connectivity index (χ0v) is 13.0. The number of benzene rings is 1. The summed E-state index contributed by atoms with van der Waals surface area (Å²) in [6.07, 6.45) is -8.07. The van der Waals surface area contributed by atoms with E-state index in [0.717, 1.165) is 24.3 Å². The molecule has 0 radical (unpaired) electrons. The Hall–Kier alpha value is -1.80. The molecule has 0 spiro atoms. The number of ether oxygens (including phenoxy) is 1. The summed E-state index contributed by atoms with van der Waals surface area (Å²) < 4.78 is 42.3. The molecule has 0 aliphatic rings. The van der Waals surface area contributed by atoms with Crippen molar-refractivity contribution < 1.29 is 32.9 Å². The van der Waals surface area contributed by atoms with Crippen molar-refractivity contribution in [3.8, 4) is 0 Å². The Morgan fingerprint density at radius 2 is 1.70 bits per heavy atom. The van der Waals surface area contributed by atoms with Gasteiger partial charge in [-0.2, -0.15) is 13.2 Å². The first-order valence-corrected chi connectivity index (χ1v) is 6.90. The fourth-order valence-electron chi connectivity index (χ4n) is 1.71. The second-order valence-electron chi connectivity index (χ2n) is 6.01. The second kappa shape index (κ2) is 7.18. The lowest BCUT2D eigenvalue weighted by atomic mass is 10.0. The van der Waals surface area contributed by atoms with Crippen LogP contribution in [0, 0.1) is 0 Å². The number of halogens is 3. The third-order valence-electron chi connectivity index (χ3n) is 2.80. The van der Waals surface area contributed by atoms with Crippen molar-refractivity contribution in [1.82, 2.24) is 5.32 Å². The molecule has 23 heavy (non-hydrogen) atoms. The highest BCUT2D eigenvalue weighted by molar-refractivity contribution is 5.67. The van der Waals surface area contributed by atoms with Crippen LogP contribution in [-0.2, 0) is 10.9 Å². The number of carbonyl (C=O) groups is 1. The fourth-order valence-corrected chi connectivity index (χ4v) is 1.71. The lowest BCUT2D eigenvalue weighted by Crippen LogP contribution is -2.38. The molecule has 1 amide bonds. The van der Waals surface area contributed by atoms with Crippen LogP contribution in [0.25, 0.3) is 0 Å². The van der Waals surface area contributed by atoms with Crippen molar-refractivity contribution in [1.29, 1.82) is 0 Å². The minimum atomic E-state index is -4.47. The van der Waals surface area contributed by atoms with E-state index < -0.39 is 35.6 Å². The summed E-state index contributed by atoms with van der Waals surface area (Å²) >= 11 is 0. The summed E-state index contributed by atoms with van der Waals surface area (Å²) in [6.45, 7) is 4.69. The molecule has 0 saturated carbocycles. The molecule has 1 aromatic carbocycles. The van der Waals surface area contributed by atoms with Gasteiger partial charge in [-0.1, -0.05) is 12.1 Å². The maximum absolute atomic E-state index is 12.5. The highest BCUT2D eigenvalue weighted by Gasteiger charge is 2.30. The number of carbonyl (C=O) groups excluding carboxylic acids is 1. The molecule has 0 heterocycles. The van der Waals surface area contributed by atoms with E-state index in [4.69, 9.17) is 4.74 Å². The summed E-state index contributed by atoms with van der Waals surface area (Å²) in [7, 11) is 0. The number of alkyl carbamates (subject to hydrolysis) is 1. The summed E-state index contributed by atoms with van der Waals surface area (Å²) in [6, 6.07) is 3.77. The summed E-state index contributed by atoms with van der Waals surface area (Å²) in [4.78, 5) is 11.4. The SMILES string of the molecule is CC(C)(C)OC(=O)NCC(O)C(O)c1ccc(C(F)(F)F)cc1. The van der Waals surface area contributed by atoms with Crippen LogP contribution in [0.5, 0.6) is 0 Å². The van der Waals surface area contributed by atoms with Crippen LogP contribution in [-0.4, -0.2) is 34.6 Å². The first-order valence-electron chi connectivity index (χ1n) is 6.90. The van der Waals surface area contributed by atoms with Gasteiger partial charge in [-0.25, -0.2) is 4.79 Å². The van der Waals surface area contributed by atoms with Gasteiger partial charge in [0.2, 0.25) is 0 Å².